The van der Waals surface area contributed by atoms with Gasteiger partial charge in [-0.15, -0.1) is 0 Å². The average Bonchev–Trinajstić information content (AvgIpc) is 3.34. The number of aryl methyl sites for hydroxylation is 1. The van der Waals surface area contributed by atoms with Gasteiger partial charge in [0.25, 0.3) is 15.7 Å². The van der Waals surface area contributed by atoms with Crippen molar-refractivity contribution >= 4 is 27.1 Å². The Morgan fingerprint density at radius 2 is 1.93 bits per heavy atom. The zero-order chi connectivity index (χ0) is 18.4. The molecule has 0 radical (unpaired) electrons. The molecule has 5 rings (SSSR count). The fourth-order valence-corrected chi connectivity index (χ4v) is 4.62. The Balaban J connectivity index is 1.64. The minimum atomic E-state index is -3.84. The molecular formula is C17H14N6O3S. The van der Waals surface area contributed by atoms with Crippen LogP contribution < -0.4 is 4.31 Å². The summed E-state index contributed by atoms with van der Waals surface area (Å²) in [6, 6.07) is 11.0. The molecule has 0 amide bonds. The number of hydrogen-bond acceptors (Lipinski definition) is 7. The molecule has 136 valence electrons. The van der Waals surface area contributed by atoms with Gasteiger partial charge in [-0.2, -0.15) is 10.1 Å². The van der Waals surface area contributed by atoms with Crippen LogP contribution in [-0.4, -0.2) is 39.9 Å². The van der Waals surface area contributed by atoms with Crippen molar-refractivity contribution < 1.29 is 12.9 Å². The fraction of sp³-hybridized carbons (Fsp3) is 0.176. The molecule has 3 aromatic heterocycles. The number of aromatic nitrogens is 5. The zero-order valence-corrected chi connectivity index (χ0v) is 14.9. The van der Waals surface area contributed by atoms with Crippen LogP contribution in [0, 0.1) is 0 Å². The molecule has 4 heterocycles. The van der Waals surface area contributed by atoms with Gasteiger partial charge in [-0.1, -0.05) is 35.5 Å². The number of pyridine rings is 1. The molecule has 1 aliphatic heterocycles. The highest BCUT2D eigenvalue weighted by Crippen LogP contribution is 2.31. The summed E-state index contributed by atoms with van der Waals surface area (Å²) < 4.78 is 34.5. The monoisotopic (exact) mass is 382 g/mol. The molecule has 4 aromatic rings. The largest absolute Gasteiger partial charge is 0.335 e. The highest BCUT2D eigenvalue weighted by molar-refractivity contribution is 7.92. The van der Waals surface area contributed by atoms with E-state index in [1.807, 2.05) is 30.3 Å². The second-order valence-electron chi connectivity index (χ2n) is 6.13. The number of nitrogens with zero attached hydrogens (tertiary/aromatic N) is 6. The molecule has 27 heavy (non-hydrogen) atoms. The van der Waals surface area contributed by atoms with E-state index in [9.17, 15) is 8.42 Å². The van der Waals surface area contributed by atoms with Gasteiger partial charge in [0.15, 0.2) is 0 Å². The van der Waals surface area contributed by atoms with E-state index in [1.54, 1.807) is 10.7 Å². The van der Waals surface area contributed by atoms with Gasteiger partial charge in [-0.25, -0.2) is 22.4 Å². The summed E-state index contributed by atoms with van der Waals surface area (Å²) in [5, 5.41) is 8.67. The number of benzene rings is 1. The van der Waals surface area contributed by atoms with Crippen molar-refractivity contribution in [3.8, 4) is 11.3 Å². The highest BCUT2D eigenvalue weighted by atomic mass is 32.2. The predicted molar refractivity (Wildman–Crippen MR) is 96.4 cm³/mol. The maximum Gasteiger partial charge on any atom is 0.268 e. The second-order valence-corrected chi connectivity index (χ2v) is 8.00. The molecule has 1 aliphatic rings. The van der Waals surface area contributed by atoms with Crippen molar-refractivity contribution in [2.75, 3.05) is 10.8 Å². The van der Waals surface area contributed by atoms with Gasteiger partial charge in [0.05, 0.1) is 11.6 Å². The SMILES string of the molecule is O=S(=O)(c1cnc2onc(-c3ccccc3)c2c1)N1CCCn2ncnc21. The van der Waals surface area contributed by atoms with Crippen LogP contribution in [-0.2, 0) is 16.6 Å². The molecule has 0 fully saturated rings. The Kier molecular flexibility index (Phi) is 3.47. The molecule has 0 bridgehead atoms. The Morgan fingerprint density at radius 1 is 1.07 bits per heavy atom. The zero-order valence-electron chi connectivity index (χ0n) is 14.1. The van der Waals surface area contributed by atoms with Crippen LogP contribution in [0.1, 0.15) is 6.42 Å². The Bertz CT molecular complexity index is 1230. The van der Waals surface area contributed by atoms with Crippen LogP contribution in [0.5, 0.6) is 0 Å². The van der Waals surface area contributed by atoms with Crippen LogP contribution in [0.25, 0.3) is 22.4 Å². The first kappa shape index (κ1) is 15.9. The molecule has 1 aromatic carbocycles. The van der Waals surface area contributed by atoms with Crippen molar-refractivity contribution in [3.63, 3.8) is 0 Å². The lowest BCUT2D eigenvalue weighted by molar-refractivity contribution is 0.451. The smallest absolute Gasteiger partial charge is 0.268 e. The van der Waals surface area contributed by atoms with Gasteiger partial charge in [-0.3, -0.25) is 0 Å². The second kappa shape index (κ2) is 5.88. The van der Waals surface area contributed by atoms with Crippen molar-refractivity contribution in [2.45, 2.75) is 17.9 Å². The highest BCUT2D eigenvalue weighted by Gasteiger charge is 2.32. The van der Waals surface area contributed by atoms with E-state index in [-0.39, 0.29) is 10.6 Å². The summed E-state index contributed by atoms with van der Waals surface area (Å²) in [7, 11) is -3.84. The number of sulfonamides is 1. The van der Waals surface area contributed by atoms with E-state index >= 15 is 0 Å². The molecule has 0 aliphatic carbocycles. The van der Waals surface area contributed by atoms with Gasteiger partial charge in [0.1, 0.15) is 16.9 Å². The molecular weight excluding hydrogens is 368 g/mol. The number of anilines is 1. The Hall–Kier alpha value is -3.27. The van der Waals surface area contributed by atoms with E-state index in [0.29, 0.717) is 36.5 Å². The number of fused-ring (bicyclic) bond motifs is 2. The molecule has 0 unspecified atom stereocenters. The molecule has 0 atom stereocenters. The summed E-state index contributed by atoms with van der Waals surface area (Å²) >= 11 is 0. The summed E-state index contributed by atoms with van der Waals surface area (Å²) in [4.78, 5) is 8.31. The van der Waals surface area contributed by atoms with Gasteiger partial charge >= 0.3 is 0 Å². The summed E-state index contributed by atoms with van der Waals surface area (Å²) in [6.07, 6.45) is 3.30. The van der Waals surface area contributed by atoms with Gasteiger partial charge < -0.3 is 4.52 Å². The number of hydrogen-bond donors (Lipinski definition) is 0. The molecule has 9 nitrogen and oxygen atoms in total. The minimum Gasteiger partial charge on any atom is -0.335 e. The Labute approximate surface area is 154 Å². The lowest BCUT2D eigenvalue weighted by atomic mass is 10.1. The third kappa shape index (κ3) is 2.48. The van der Waals surface area contributed by atoms with Crippen LogP contribution in [0.2, 0.25) is 0 Å². The third-order valence-electron chi connectivity index (χ3n) is 4.49. The van der Waals surface area contributed by atoms with E-state index in [1.165, 1.54) is 16.8 Å². The summed E-state index contributed by atoms with van der Waals surface area (Å²) in [5.74, 6) is 0.315. The van der Waals surface area contributed by atoms with Crippen LogP contribution >= 0.6 is 0 Å². The van der Waals surface area contributed by atoms with Crippen LogP contribution in [0.15, 0.2) is 58.3 Å². The van der Waals surface area contributed by atoms with Gasteiger partial charge in [-0.05, 0) is 12.5 Å². The van der Waals surface area contributed by atoms with Crippen molar-refractivity contribution in [2.24, 2.45) is 0 Å². The van der Waals surface area contributed by atoms with Crippen LogP contribution in [0.4, 0.5) is 5.95 Å². The van der Waals surface area contributed by atoms with Crippen molar-refractivity contribution in [1.82, 2.24) is 24.9 Å². The summed E-state index contributed by atoms with van der Waals surface area (Å²) in [6.45, 7) is 0.983. The van der Waals surface area contributed by atoms with E-state index < -0.39 is 10.0 Å². The van der Waals surface area contributed by atoms with Crippen molar-refractivity contribution in [3.05, 3.63) is 48.9 Å². The maximum atomic E-state index is 13.2. The molecule has 0 saturated carbocycles. The molecule has 10 heteroatoms. The average molecular weight is 382 g/mol. The lowest BCUT2D eigenvalue weighted by Crippen LogP contribution is -2.38. The topological polar surface area (TPSA) is 107 Å². The lowest BCUT2D eigenvalue weighted by Gasteiger charge is -2.26. The third-order valence-corrected chi connectivity index (χ3v) is 6.23. The molecule has 0 N–H and O–H groups in total. The quantitative estimate of drug-likeness (QED) is 0.534. The van der Waals surface area contributed by atoms with E-state index in [4.69, 9.17) is 4.52 Å². The maximum absolute atomic E-state index is 13.2. The van der Waals surface area contributed by atoms with Gasteiger partial charge in [0, 0.05) is 18.7 Å². The van der Waals surface area contributed by atoms with Crippen LogP contribution in [0.3, 0.4) is 0 Å². The first-order chi connectivity index (χ1) is 13.1. The minimum absolute atomic E-state index is 0.0619. The first-order valence-electron chi connectivity index (χ1n) is 8.36. The molecule has 0 spiro atoms. The summed E-state index contributed by atoms with van der Waals surface area (Å²) in [5.41, 5.74) is 1.66. The Morgan fingerprint density at radius 3 is 2.78 bits per heavy atom. The van der Waals surface area contributed by atoms with Crippen molar-refractivity contribution in [1.29, 1.82) is 0 Å². The predicted octanol–water partition coefficient (Wildman–Crippen LogP) is 2.08. The standard InChI is InChI=1S/C17H14N6O3S/c24-27(25,23-8-4-7-22-17(23)19-11-20-22)13-9-14-15(12-5-2-1-3-6-12)21-26-16(14)18-10-13/h1-3,5-6,9-11H,4,7-8H2. The van der Waals surface area contributed by atoms with E-state index in [0.717, 1.165) is 5.56 Å². The molecule has 0 saturated heterocycles. The fourth-order valence-electron chi connectivity index (χ4n) is 3.19. The number of rotatable bonds is 3. The van der Waals surface area contributed by atoms with Gasteiger partial charge in [0.2, 0.25) is 5.95 Å². The first-order valence-corrected chi connectivity index (χ1v) is 9.80. The van der Waals surface area contributed by atoms with E-state index in [2.05, 4.69) is 20.2 Å². The normalized spacial score (nSPS) is 14.4.